The molecule has 0 aromatic carbocycles. The van der Waals surface area contributed by atoms with Crippen LogP contribution in [-0.4, -0.2) is 18.2 Å². The fourth-order valence-electron chi connectivity index (χ4n) is 1.26. The van der Waals surface area contributed by atoms with Gasteiger partial charge in [-0.3, -0.25) is 4.79 Å². The maximum absolute atomic E-state index is 12.1. The molecule has 4 nitrogen and oxygen atoms in total. The van der Waals surface area contributed by atoms with Crippen LogP contribution in [0.3, 0.4) is 0 Å². The molecule has 0 N–H and O–H groups in total. The lowest BCUT2D eigenvalue weighted by Gasteiger charge is -2.19. The van der Waals surface area contributed by atoms with Gasteiger partial charge in [-0.2, -0.15) is 23.7 Å². The van der Waals surface area contributed by atoms with Crippen molar-refractivity contribution in [3.8, 4) is 12.1 Å². The number of rotatable bonds is 6. The van der Waals surface area contributed by atoms with Gasteiger partial charge >= 0.3 is 12.1 Å². The highest BCUT2D eigenvalue weighted by Gasteiger charge is 2.39. The number of nitrogens with zero attached hydrogens (tertiary/aromatic N) is 2. The van der Waals surface area contributed by atoms with Gasteiger partial charge in [0, 0.05) is 6.42 Å². The molecule has 0 bridgehead atoms. The lowest BCUT2D eigenvalue weighted by Crippen LogP contribution is -2.26. The number of halogens is 3. The van der Waals surface area contributed by atoms with Crippen LogP contribution in [0.4, 0.5) is 13.2 Å². The van der Waals surface area contributed by atoms with Gasteiger partial charge in [-0.15, -0.1) is 0 Å². The van der Waals surface area contributed by atoms with Crippen molar-refractivity contribution in [3.63, 3.8) is 0 Å². The number of carbonyl (C=O) groups is 1. The van der Waals surface area contributed by atoms with Gasteiger partial charge in [0.15, 0.2) is 5.41 Å². The van der Waals surface area contributed by atoms with Crippen molar-refractivity contribution in [2.75, 3.05) is 0 Å². The largest absolute Gasteiger partial charge is 0.463 e. The fourth-order valence-corrected chi connectivity index (χ4v) is 1.26. The number of carbonyl (C=O) groups excluding carboxylic acids is 1. The second-order valence-electron chi connectivity index (χ2n) is 4.31. The highest BCUT2D eigenvalue weighted by Crippen LogP contribution is 2.33. The normalized spacial score (nSPS) is 13.2. The van der Waals surface area contributed by atoms with E-state index in [1.54, 1.807) is 13.8 Å². The zero-order valence-electron chi connectivity index (χ0n) is 10.8. The number of hydrogen-bond donors (Lipinski definition) is 0. The van der Waals surface area contributed by atoms with Crippen molar-refractivity contribution in [3.05, 3.63) is 0 Å². The molecule has 106 valence electrons. The highest BCUT2D eigenvalue weighted by molar-refractivity contribution is 5.71. The topological polar surface area (TPSA) is 73.9 Å². The molecule has 1 unspecified atom stereocenters. The molecular weight excluding hydrogens is 261 g/mol. The number of alkyl halides is 3. The summed E-state index contributed by atoms with van der Waals surface area (Å²) >= 11 is 0. The third kappa shape index (κ3) is 6.66. The second-order valence-corrected chi connectivity index (χ2v) is 4.31. The van der Waals surface area contributed by atoms with Crippen LogP contribution < -0.4 is 0 Å². The lowest BCUT2D eigenvalue weighted by atomic mass is 9.83. The maximum atomic E-state index is 12.1. The van der Waals surface area contributed by atoms with Crippen LogP contribution in [0.15, 0.2) is 0 Å². The first-order chi connectivity index (χ1) is 8.68. The average molecular weight is 276 g/mol. The molecule has 0 saturated heterocycles. The van der Waals surface area contributed by atoms with E-state index in [0.29, 0.717) is 6.42 Å². The van der Waals surface area contributed by atoms with Crippen LogP contribution in [-0.2, 0) is 9.53 Å². The van der Waals surface area contributed by atoms with Crippen LogP contribution in [0.5, 0.6) is 0 Å². The number of hydrogen-bond acceptors (Lipinski definition) is 4. The van der Waals surface area contributed by atoms with E-state index < -0.39 is 42.9 Å². The monoisotopic (exact) mass is 276 g/mol. The zero-order chi connectivity index (χ0) is 15.1. The van der Waals surface area contributed by atoms with Gasteiger partial charge in [0.2, 0.25) is 0 Å². The van der Waals surface area contributed by atoms with Gasteiger partial charge in [0.1, 0.15) is 0 Å². The van der Waals surface area contributed by atoms with Crippen molar-refractivity contribution < 1.29 is 22.7 Å². The van der Waals surface area contributed by atoms with Crippen LogP contribution in [0.25, 0.3) is 0 Å². The minimum absolute atomic E-state index is 0.398. The number of nitriles is 2. The second kappa shape index (κ2) is 6.98. The van der Waals surface area contributed by atoms with Gasteiger partial charge in [0.25, 0.3) is 0 Å². The van der Waals surface area contributed by atoms with Crippen LogP contribution >= 0.6 is 0 Å². The quantitative estimate of drug-likeness (QED) is 0.699. The average Bonchev–Trinajstić information content (AvgIpc) is 2.33. The van der Waals surface area contributed by atoms with E-state index in [-0.39, 0.29) is 0 Å². The molecule has 0 aromatic heterocycles. The van der Waals surface area contributed by atoms with E-state index in [2.05, 4.69) is 0 Å². The van der Waals surface area contributed by atoms with E-state index in [4.69, 9.17) is 15.3 Å². The summed E-state index contributed by atoms with van der Waals surface area (Å²) in [5, 5.41) is 17.7. The summed E-state index contributed by atoms with van der Waals surface area (Å²) in [5.74, 6) is -0.834. The molecule has 19 heavy (non-hydrogen) atoms. The van der Waals surface area contributed by atoms with Gasteiger partial charge in [-0.25, -0.2) is 0 Å². The molecule has 7 heteroatoms. The van der Waals surface area contributed by atoms with Crippen molar-refractivity contribution in [1.29, 1.82) is 10.5 Å². The Morgan fingerprint density at radius 1 is 1.26 bits per heavy atom. The Hall–Kier alpha value is -1.76. The van der Waals surface area contributed by atoms with Gasteiger partial charge in [0.05, 0.1) is 24.7 Å². The van der Waals surface area contributed by atoms with E-state index >= 15 is 0 Å². The Labute approximate surface area is 109 Å². The first kappa shape index (κ1) is 17.2. The maximum Gasteiger partial charge on any atom is 0.389 e. The summed E-state index contributed by atoms with van der Waals surface area (Å²) in [6.45, 7) is 3.39. The molecule has 0 heterocycles. The molecule has 0 aliphatic carbocycles. The SMILES string of the molecule is CCC(C)OC(=O)CC(C#N)(C#N)CCC(F)(F)F. The Bertz CT molecular complexity index is 379. The van der Waals surface area contributed by atoms with Crippen molar-refractivity contribution in [2.24, 2.45) is 5.41 Å². The molecular formula is C12H15F3N2O2. The summed E-state index contributed by atoms with van der Waals surface area (Å²) in [6.07, 6.45) is -7.00. The van der Waals surface area contributed by atoms with E-state index in [9.17, 15) is 18.0 Å². The van der Waals surface area contributed by atoms with Gasteiger partial charge in [-0.1, -0.05) is 6.92 Å². The van der Waals surface area contributed by atoms with E-state index in [1.165, 1.54) is 12.1 Å². The highest BCUT2D eigenvalue weighted by atomic mass is 19.4. The third-order valence-electron chi connectivity index (χ3n) is 2.62. The predicted molar refractivity (Wildman–Crippen MR) is 59.4 cm³/mol. The van der Waals surface area contributed by atoms with Crippen molar-refractivity contribution in [1.82, 2.24) is 0 Å². The van der Waals surface area contributed by atoms with E-state index in [0.717, 1.165) is 0 Å². The van der Waals surface area contributed by atoms with Gasteiger partial charge in [-0.05, 0) is 19.8 Å². The Kier molecular flexibility index (Phi) is 6.34. The Balaban J connectivity index is 4.70. The Morgan fingerprint density at radius 2 is 1.79 bits per heavy atom. The van der Waals surface area contributed by atoms with Crippen LogP contribution in [0.2, 0.25) is 0 Å². The molecule has 0 saturated carbocycles. The molecule has 0 aliphatic rings. The first-order valence-corrected chi connectivity index (χ1v) is 5.77. The number of ether oxygens (including phenoxy) is 1. The third-order valence-corrected chi connectivity index (χ3v) is 2.62. The van der Waals surface area contributed by atoms with Crippen LogP contribution in [0.1, 0.15) is 39.5 Å². The summed E-state index contributed by atoms with van der Waals surface area (Å²) in [7, 11) is 0. The summed E-state index contributed by atoms with van der Waals surface area (Å²) in [4.78, 5) is 11.5. The molecule has 0 fully saturated rings. The smallest absolute Gasteiger partial charge is 0.389 e. The molecule has 0 rings (SSSR count). The minimum atomic E-state index is -4.47. The number of esters is 1. The fraction of sp³-hybridized carbons (Fsp3) is 0.750. The lowest BCUT2D eigenvalue weighted by molar-refractivity contribution is -0.152. The summed E-state index contributed by atoms with van der Waals surface area (Å²) in [5.41, 5.74) is -1.99. The predicted octanol–water partition coefficient (Wildman–Crippen LogP) is 3.09. The molecule has 0 aromatic rings. The molecule has 1 atom stereocenters. The molecule has 0 amide bonds. The van der Waals surface area contributed by atoms with E-state index in [1.807, 2.05) is 0 Å². The first-order valence-electron chi connectivity index (χ1n) is 5.77. The van der Waals surface area contributed by atoms with Crippen molar-refractivity contribution in [2.45, 2.75) is 51.8 Å². The zero-order valence-corrected chi connectivity index (χ0v) is 10.8. The minimum Gasteiger partial charge on any atom is -0.463 e. The summed E-state index contributed by atoms with van der Waals surface area (Å²) in [6, 6.07) is 3.00. The van der Waals surface area contributed by atoms with Crippen LogP contribution in [0, 0.1) is 28.1 Å². The van der Waals surface area contributed by atoms with Gasteiger partial charge < -0.3 is 4.74 Å². The summed E-state index contributed by atoms with van der Waals surface area (Å²) < 4.78 is 41.2. The van der Waals surface area contributed by atoms with Crippen molar-refractivity contribution >= 4 is 5.97 Å². The standard InChI is InChI=1S/C12H15F3N2O2/c1-3-9(2)19-10(18)6-11(7-16,8-17)4-5-12(13,14)15/h9H,3-6H2,1-2H3. The molecule has 0 aliphatic heterocycles. The molecule has 0 radical (unpaired) electrons. The molecule has 0 spiro atoms. The Morgan fingerprint density at radius 3 is 2.16 bits per heavy atom.